The third kappa shape index (κ3) is 4.44. The van der Waals surface area contributed by atoms with Gasteiger partial charge in [-0.05, 0) is 31.4 Å². The lowest BCUT2D eigenvalue weighted by atomic mass is 10.2. The Labute approximate surface area is 124 Å². The number of benzene rings is 1. The monoisotopic (exact) mass is 294 g/mol. The zero-order valence-electron chi connectivity index (χ0n) is 12.1. The number of hydrogen-bond donors (Lipinski definition) is 1. The van der Waals surface area contributed by atoms with Crippen LogP contribution in [0.2, 0.25) is 0 Å². The molecule has 1 heterocycles. The lowest BCUT2D eigenvalue weighted by Crippen LogP contribution is -2.06. The van der Waals surface area contributed by atoms with Crippen LogP contribution in [-0.2, 0) is 9.47 Å². The van der Waals surface area contributed by atoms with Crippen LogP contribution in [0.15, 0.2) is 18.2 Å². The highest BCUT2D eigenvalue weighted by Crippen LogP contribution is 2.27. The molecule has 0 fully saturated rings. The molecule has 1 N–H and O–H groups in total. The van der Waals surface area contributed by atoms with Gasteiger partial charge >= 0.3 is 0 Å². The van der Waals surface area contributed by atoms with Gasteiger partial charge in [0.1, 0.15) is 0 Å². The second kappa shape index (κ2) is 8.19. The SMILES string of the molecule is COCCOCCCCNc1nc2c(C)cccc2s1. The van der Waals surface area contributed by atoms with Gasteiger partial charge in [0.2, 0.25) is 0 Å². The van der Waals surface area contributed by atoms with Crippen molar-refractivity contribution in [3.8, 4) is 0 Å². The van der Waals surface area contributed by atoms with E-state index in [4.69, 9.17) is 9.47 Å². The summed E-state index contributed by atoms with van der Waals surface area (Å²) in [4.78, 5) is 4.63. The van der Waals surface area contributed by atoms with Crippen molar-refractivity contribution in [3.05, 3.63) is 23.8 Å². The van der Waals surface area contributed by atoms with Gasteiger partial charge in [-0.1, -0.05) is 23.5 Å². The molecule has 1 aromatic heterocycles. The molecule has 0 saturated carbocycles. The van der Waals surface area contributed by atoms with Gasteiger partial charge in [0.25, 0.3) is 0 Å². The van der Waals surface area contributed by atoms with Crippen molar-refractivity contribution in [2.45, 2.75) is 19.8 Å². The minimum absolute atomic E-state index is 0.670. The average molecular weight is 294 g/mol. The number of aromatic nitrogens is 1. The van der Waals surface area contributed by atoms with Crippen molar-refractivity contribution >= 4 is 26.7 Å². The van der Waals surface area contributed by atoms with Crippen LogP contribution in [0.4, 0.5) is 5.13 Å². The van der Waals surface area contributed by atoms with Gasteiger partial charge in [-0.2, -0.15) is 0 Å². The summed E-state index contributed by atoms with van der Waals surface area (Å²) < 4.78 is 11.6. The average Bonchev–Trinajstić information content (AvgIpc) is 2.86. The summed E-state index contributed by atoms with van der Waals surface area (Å²) in [6.07, 6.45) is 2.14. The van der Waals surface area contributed by atoms with Crippen molar-refractivity contribution in [1.82, 2.24) is 4.98 Å². The number of nitrogens with zero attached hydrogens (tertiary/aromatic N) is 1. The van der Waals surface area contributed by atoms with Gasteiger partial charge < -0.3 is 14.8 Å². The van der Waals surface area contributed by atoms with Crippen molar-refractivity contribution in [1.29, 1.82) is 0 Å². The Bertz CT molecular complexity index is 528. The first-order valence-corrected chi connectivity index (χ1v) is 7.79. The van der Waals surface area contributed by atoms with Crippen molar-refractivity contribution in [3.63, 3.8) is 0 Å². The van der Waals surface area contributed by atoms with E-state index < -0.39 is 0 Å². The van der Waals surface area contributed by atoms with E-state index in [0.29, 0.717) is 13.2 Å². The molecular formula is C15H22N2O2S. The molecule has 2 rings (SSSR count). The molecule has 5 heteroatoms. The number of para-hydroxylation sites is 1. The number of thiazole rings is 1. The Balaban J connectivity index is 1.67. The summed E-state index contributed by atoms with van der Waals surface area (Å²) >= 11 is 1.72. The fourth-order valence-electron chi connectivity index (χ4n) is 1.93. The molecule has 0 amide bonds. The molecule has 0 aliphatic carbocycles. The van der Waals surface area contributed by atoms with Crippen LogP contribution in [-0.4, -0.2) is 38.5 Å². The zero-order chi connectivity index (χ0) is 14.2. The molecule has 0 saturated heterocycles. The Morgan fingerprint density at radius 3 is 2.90 bits per heavy atom. The second-order valence-corrected chi connectivity index (χ2v) is 5.71. The number of ether oxygens (including phenoxy) is 2. The summed E-state index contributed by atoms with van der Waals surface area (Å²) in [7, 11) is 1.69. The zero-order valence-corrected chi connectivity index (χ0v) is 13.0. The maximum atomic E-state index is 5.42. The van der Waals surface area contributed by atoms with E-state index in [1.807, 2.05) is 0 Å². The predicted octanol–water partition coefficient (Wildman–Crippen LogP) is 3.46. The fraction of sp³-hybridized carbons (Fsp3) is 0.533. The summed E-state index contributed by atoms with van der Waals surface area (Å²) in [6, 6.07) is 6.30. The smallest absolute Gasteiger partial charge is 0.183 e. The van der Waals surface area contributed by atoms with Crippen molar-refractivity contribution < 1.29 is 9.47 Å². The van der Waals surface area contributed by atoms with Crippen molar-refractivity contribution in [2.24, 2.45) is 0 Å². The number of nitrogens with one attached hydrogen (secondary N) is 1. The normalized spacial score (nSPS) is 11.1. The van der Waals surface area contributed by atoms with E-state index in [-0.39, 0.29) is 0 Å². The molecule has 1 aromatic carbocycles. The molecule has 0 unspecified atom stereocenters. The van der Waals surface area contributed by atoms with Crippen LogP contribution in [0, 0.1) is 6.92 Å². The molecule has 20 heavy (non-hydrogen) atoms. The fourth-order valence-corrected chi connectivity index (χ4v) is 2.90. The van der Waals surface area contributed by atoms with Gasteiger partial charge in [-0.25, -0.2) is 4.98 Å². The molecule has 110 valence electrons. The van der Waals surface area contributed by atoms with Crippen molar-refractivity contribution in [2.75, 3.05) is 38.8 Å². The Kier molecular flexibility index (Phi) is 6.24. The predicted molar refractivity (Wildman–Crippen MR) is 84.8 cm³/mol. The van der Waals surface area contributed by atoms with Gasteiger partial charge in [0.15, 0.2) is 5.13 Å². The lowest BCUT2D eigenvalue weighted by Gasteiger charge is -2.04. The summed E-state index contributed by atoms with van der Waals surface area (Å²) in [5.41, 5.74) is 2.35. The highest BCUT2D eigenvalue weighted by molar-refractivity contribution is 7.22. The first kappa shape index (κ1) is 15.2. The van der Waals surface area contributed by atoms with Crippen LogP contribution in [0.5, 0.6) is 0 Å². The minimum atomic E-state index is 0.670. The topological polar surface area (TPSA) is 43.4 Å². The number of hydrogen-bond acceptors (Lipinski definition) is 5. The van der Waals surface area contributed by atoms with E-state index in [1.165, 1.54) is 10.3 Å². The van der Waals surface area contributed by atoms with Crippen LogP contribution in [0.1, 0.15) is 18.4 Å². The van der Waals surface area contributed by atoms with Crippen LogP contribution < -0.4 is 5.32 Å². The maximum Gasteiger partial charge on any atom is 0.183 e. The summed E-state index contributed by atoms with van der Waals surface area (Å²) in [5, 5.41) is 4.40. The van der Waals surface area contributed by atoms with Gasteiger partial charge in [0.05, 0.1) is 23.4 Å². The first-order chi connectivity index (χ1) is 9.81. The highest BCUT2D eigenvalue weighted by atomic mass is 32.1. The number of fused-ring (bicyclic) bond motifs is 1. The summed E-state index contributed by atoms with van der Waals surface area (Å²) in [5.74, 6) is 0. The van der Waals surface area contributed by atoms with E-state index in [2.05, 4.69) is 35.4 Å². The molecule has 0 spiro atoms. The molecule has 0 aliphatic rings. The molecule has 2 aromatic rings. The van der Waals surface area contributed by atoms with E-state index in [1.54, 1.807) is 18.4 Å². The Hall–Kier alpha value is -1.17. The van der Waals surface area contributed by atoms with E-state index in [9.17, 15) is 0 Å². The quantitative estimate of drug-likeness (QED) is 0.719. The van der Waals surface area contributed by atoms with E-state index >= 15 is 0 Å². The molecule has 0 bridgehead atoms. The number of methoxy groups -OCH3 is 1. The van der Waals surface area contributed by atoms with Gasteiger partial charge in [0, 0.05) is 20.3 Å². The first-order valence-electron chi connectivity index (χ1n) is 6.98. The highest BCUT2D eigenvalue weighted by Gasteiger charge is 2.04. The number of aryl methyl sites for hydroxylation is 1. The molecule has 0 aliphatic heterocycles. The molecule has 0 radical (unpaired) electrons. The van der Waals surface area contributed by atoms with Gasteiger partial charge in [-0.15, -0.1) is 0 Å². The molecule has 4 nitrogen and oxygen atoms in total. The lowest BCUT2D eigenvalue weighted by molar-refractivity contribution is 0.0691. The largest absolute Gasteiger partial charge is 0.382 e. The maximum absolute atomic E-state index is 5.42. The third-order valence-corrected chi connectivity index (χ3v) is 4.02. The summed E-state index contributed by atoms with van der Waals surface area (Å²) in [6.45, 7) is 5.18. The third-order valence-electron chi connectivity index (χ3n) is 3.04. The van der Waals surface area contributed by atoms with Crippen LogP contribution in [0.25, 0.3) is 10.2 Å². The minimum Gasteiger partial charge on any atom is -0.382 e. The van der Waals surface area contributed by atoms with Crippen LogP contribution >= 0.6 is 11.3 Å². The van der Waals surface area contributed by atoms with Gasteiger partial charge in [-0.3, -0.25) is 0 Å². The molecule has 0 atom stereocenters. The Morgan fingerprint density at radius 2 is 2.10 bits per heavy atom. The van der Waals surface area contributed by atoms with E-state index in [0.717, 1.165) is 36.6 Å². The Morgan fingerprint density at radius 1 is 1.20 bits per heavy atom. The number of unbranched alkanes of at least 4 members (excludes halogenated alkanes) is 1. The van der Waals surface area contributed by atoms with Crippen LogP contribution in [0.3, 0.4) is 0 Å². The number of rotatable bonds is 9. The molecular weight excluding hydrogens is 272 g/mol. The standard InChI is InChI=1S/C15H22N2O2S/c1-12-6-5-7-13-14(12)17-15(20-13)16-8-3-4-9-19-11-10-18-2/h5-7H,3-4,8-11H2,1-2H3,(H,16,17). The number of anilines is 1. The second-order valence-electron chi connectivity index (χ2n) is 4.68.